The highest BCUT2D eigenvalue weighted by Gasteiger charge is 2.33. The Hall–Kier alpha value is -2.34. The lowest BCUT2D eigenvalue weighted by Crippen LogP contribution is -2.49. The highest BCUT2D eigenvalue weighted by molar-refractivity contribution is 7.12. The second-order valence-electron chi connectivity index (χ2n) is 5.93. The van der Waals surface area contributed by atoms with Gasteiger partial charge in [-0.3, -0.25) is 9.59 Å². The Labute approximate surface area is 151 Å². The van der Waals surface area contributed by atoms with E-state index in [-0.39, 0.29) is 11.8 Å². The first-order chi connectivity index (χ1) is 12.2. The van der Waals surface area contributed by atoms with E-state index in [1.807, 2.05) is 48.7 Å². The second kappa shape index (κ2) is 8.16. The van der Waals surface area contributed by atoms with E-state index < -0.39 is 6.04 Å². The van der Waals surface area contributed by atoms with Gasteiger partial charge in [-0.2, -0.15) is 0 Å². The molecule has 1 atom stereocenters. The van der Waals surface area contributed by atoms with Crippen molar-refractivity contribution in [3.05, 3.63) is 46.7 Å². The minimum absolute atomic E-state index is 0.0541. The zero-order valence-corrected chi connectivity index (χ0v) is 15.1. The van der Waals surface area contributed by atoms with Gasteiger partial charge >= 0.3 is 0 Å². The van der Waals surface area contributed by atoms with Gasteiger partial charge in [-0.05, 0) is 61.9 Å². The van der Waals surface area contributed by atoms with Crippen molar-refractivity contribution < 1.29 is 14.3 Å². The summed E-state index contributed by atoms with van der Waals surface area (Å²) in [5, 5.41) is 4.81. The number of nitrogens with zero attached hydrogens (tertiary/aromatic N) is 1. The lowest BCUT2D eigenvalue weighted by molar-refractivity contribution is -0.121. The SMILES string of the molecule is CCOc1ccc(NC(=O)[C@@H]2CCCCN2C(=O)c2cccs2)cc1. The highest BCUT2D eigenvalue weighted by Crippen LogP contribution is 2.23. The smallest absolute Gasteiger partial charge is 0.264 e. The fourth-order valence-electron chi connectivity index (χ4n) is 3.02. The largest absolute Gasteiger partial charge is 0.494 e. The van der Waals surface area contributed by atoms with Crippen LogP contribution >= 0.6 is 11.3 Å². The lowest BCUT2D eigenvalue weighted by atomic mass is 10.0. The van der Waals surface area contributed by atoms with Gasteiger partial charge in [-0.1, -0.05) is 6.07 Å². The summed E-state index contributed by atoms with van der Waals surface area (Å²) < 4.78 is 5.41. The molecule has 1 saturated heterocycles. The molecule has 0 unspecified atom stereocenters. The first-order valence-corrected chi connectivity index (χ1v) is 9.45. The Kier molecular flexibility index (Phi) is 5.71. The molecule has 1 aliphatic heterocycles. The van der Waals surface area contributed by atoms with Crippen LogP contribution in [0.3, 0.4) is 0 Å². The number of hydrogen-bond donors (Lipinski definition) is 1. The molecule has 0 radical (unpaired) electrons. The van der Waals surface area contributed by atoms with E-state index in [1.54, 1.807) is 4.90 Å². The third-order valence-corrected chi connectivity index (χ3v) is 5.09. The van der Waals surface area contributed by atoms with Crippen LogP contribution in [0.5, 0.6) is 5.75 Å². The molecule has 1 aromatic carbocycles. The molecule has 0 saturated carbocycles. The number of anilines is 1. The van der Waals surface area contributed by atoms with E-state index in [0.717, 1.165) is 18.6 Å². The molecule has 2 amide bonds. The van der Waals surface area contributed by atoms with Crippen molar-refractivity contribution in [2.75, 3.05) is 18.5 Å². The van der Waals surface area contributed by atoms with Gasteiger partial charge in [0, 0.05) is 12.2 Å². The number of carbonyl (C=O) groups excluding carboxylic acids is 2. The van der Waals surface area contributed by atoms with Crippen molar-refractivity contribution in [3.8, 4) is 5.75 Å². The van der Waals surface area contributed by atoms with E-state index in [1.165, 1.54) is 11.3 Å². The minimum atomic E-state index is -0.421. The van der Waals surface area contributed by atoms with Crippen LogP contribution in [-0.2, 0) is 4.79 Å². The van der Waals surface area contributed by atoms with Gasteiger partial charge in [0.05, 0.1) is 11.5 Å². The van der Waals surface area contributed by atoms with Gasteiger partial charge in [0.2, 0.25) is 5.91 Å². The van der Waals surface area contributed by atoms with E-state index in [0.29, 0.717) is 30.1 Å². The van der Waals surface area contributed by atoms with Gasteiger partial charge in [-0.15, -0.1) is 11.3 Å². The summed E-state index contributed by atoms with van der Waals surface area (Å²) in [4.78, 5) is 27.8. The molecule has 1 aliphatic rings. The molecule has 2 heterocycles. The highest BCUT2D eigenvalue weighted by atomic mass is 32.1. The number of hydrogen-bond acceptors (Lipinski definition) is 4. The maximum atomic E-state index is 12.7. The van der Waals surface area contributed by atoms with Crippen molar-refractivity contribution in [1.29, 1.82) is 0 Å². The number of carbonyl (C=O) groups is 2. The van der Waals surface area contributed by atoms with Crippen LogP contribution < -0.4 is 10.1 Å². The summed E-state index contributed by atoms with van der Waals surface area (Å²) >= 11 is 1.41. The topological polar surface area (TPSA) is 58.6 Å². The van der Waals surface area contributed by atoms with Gasteiger partial charge in [0.1, 0.15) is 11.8 Å². The van der Waals surface area contributed by atoms with Crippen LogP contribution in [0.15, 0.2) is 41.8 Å². The number of amides is 2. The first-order valence-electron chi connectivity index (χ1n) is 8.57. The molecule has 1 aromatic heterocycles. The second-order valence-corrected chi connectivity index (χ2v) is 6.88. The zero-order valence-electron chi connectivity index (χ0n) is 14.2. The molecule has 3 rings (SSSR count). The maximum absolute atomic E-state index is 12.7. The Bertz CT molecular complexity index is 713. The van der Waals surface area contributed by atoms with E-state index in [2.05, 4.69) is 5.32 Å². The van der Waals surface area contributed by atoms with Crippen LogP contribution in [0.2, 0.25) is 0 Å². The molecule has 0 spiro atoms. The summed E-state index contributed by atoms with van der Waals surface area (Å²) in [6.07, 6.45) is 2.58. The Balaban J connectivity index is 1.69. The van der Waals surface area contributed by atoms with E-state index in [4.69, 9.17) is 4.74 Å². The predicted molar refractivity (Wildman–Crippen MR) is 99.2 cm³/mol. The summed E-state index contributed by atoms with van der Waals surface area (Å²) in [5.41, 5.74) is 0.711. The fourth-order valence-corrected chi connectivity index (χ4v) is 3.69. The Morgan fingerprint density at radius 3 is 2.72 bits per heavy atom. The van der Waals surface area contributed by atoms with E-state index >= 15 is 0 Å². The van der Waals surface area contributed by atoms with Crippen molar-refractivity contribution in [2.45, 2.75) is 32.2 Å². The number of ether oxygens (including phenoxy) is 1. The number of thiophene rings is 1. The van der Waals surface area contributed by atoms with Crippen LogP contribution in [-0.4, -0.2) is 35.9 Å². The van der Waals surface area contributed by atoms with Gasteiger partial charge in [-0.25, -0.2) is 0 Å². The molecule has 6 heteroatoms. The third-order valence-electron chi connectivity index (χ3n) is 4.23. The lowest BCUT2D eigenvalue weighted by Gasteiger charge is -2.34. The van der Waals surface area contributed by atoms with Crippen LogP contribution in [0.1, 0.15) is 35.9 Å². The van der Waals surface area contributed by atoms with Crippen LogP contribution in [0, 0.1) is 0 Å². The number of nitrogens with one attached hydrogen (secondary N) is 1. The molecule has 132 valence electrons. The van der Waals surface area contributed by atoms with Crippen molar-refractivity contribution >= 4 is 28.8 Å². The molecule has 1 fully saturated rings. The standard InChI is InChI=1S/C19H22N2O3S/c1-2-24-15-10-8-14(9-11-15)20-18(22)16-6-3-4-12-21(16)19(23)17-7-5-13-25-17/h5,7-11,13,16H,2-4,6,12H2,1H3,(H,20,22)/t16-/m0/s1. The van der Waals surface area contributed by atoms with Crippen molar-refractivity contribution in [2.24, 2.45) is 0 Å². The number of rotatable bonds is 5. The molecule has 0 aliphatic carbocycles. The predicted octanol–water partition coefficient (Wildman–Crippen LogP) is 3.78. The Morgan fingerprint density at radius 1 is 1.24 bits per heavy atom. The molecular weight excluding hydrogens is 336 g/mol. The fraction of sp³-hybridized carbons (Fsp3) is 0.368. The summed E-state index contributed by atoms with van der Waals surface area (Å²) in [6.45, 7) is 3.16. The van der Waals surface area contributed by atoms with Crippen molar-refractivity contribution in [1.82, 2.24) is 4.90 Å². The molecule has 5 nitrogen and oxygen atoms in total. The van der Waals surface area contributed by atoms with Crippen LogP contribution in [0.25, 0.3) is 0 Å². The first kappa shape index (κ1) is 17.5. The normalized spacial score (nSPS) is 17.2. The molecule has 25 heavy (non-hydrogen) atoms. The van der Waals surface area contributed by atoms with Crippen molar-refractivity contribution in [3.63, 3.8) is 0 Å². The van der Waals surface area contributed by atoms with E-state index in [9.17, 15) is 9.59 Å². The molecule has 1 N–H and O–H groups in total. The minimum Gasteiger partial charge on any atom is -0.494 e. The van der Waals surface area contributed by atoms with Gasteiger partial charge in [0.25, 0.3) is 5.91 Å². The zero-order chi connectivity index (χ0) is 17.6. The third kappa shape index (κ3) is 4.20. The molecule has 2 aromatic rings. The van der Waals surface area contributed by atoms with Gasteiger partial charge in [0.15, 0.2) is 0 Å². The number of benzene rings is 1. The average Bonchev–Trinajstić information content (AvgIpc) is 3.17. The van der Waals surface area contributed by atoms with Crippen LogP contribution in [0.4, 0.5) is 5.69 Å². The number of piperidine rings is 1. The molecular formula is C19H22N2O3S. The Morgan fingerprint density at radius 2 is 2.04 bits per heavy atom. The monoisotopic (exact) mass is 358 g/mol. The number of likely N-dealkylation sites (tertiary alicyclic amines) is 1. The molecule has 0 bridgehead atoms. The summed E-state index contributed by atoms with van der Waals surface area (Å²) in [7, 11) is 0. The summed E-state index contributed by atoms with van der Waals surface area (Å²) in [6, 6.07) is 10.5. The summed E-state index contributed by atoms with van der Waals surface area (Å²) in [5.74, 6) is 0.586. The average molecular weight is 358 g/mol. The van der Waals surface area contributed by atoms with Gasteiger partial charge < -0.3 is 15.0 Å². The quantitative estimate of drug-likeness (QED) is 0.885. The maximum Gasteiger partial charge on any atom is 0.264 e.